The highest BCUT2D eigenvalue weighted by atomic mass is 35.5. The molecule has 3 heteroatoms. The highest BCUT2D eigenvalue weighted by Crippen LogP contribution is 2.19. The molecule has 2 aromatic carbocycles. The van der Waals surface area contributed by atoms with Crippen LogP contribution >= 0.6 is 11.6 Å². The monoisotopic (exact) mass is 304 g/mol. The molecule has 0 fully saturated rings. The first kappa shape index (κ1) is 15.3. The fourth-order valence-electron chi connectivity index (χ4n) is 2.34. The Bertz CT molecular complexity index is 539. The lowest BCUT2D eigenvalue weighted by atomic mass is 10.1. The third-order valence-corrected chi connectivity index (χ3v) is 7.94. The quantitative estimate of drug-likeness (QED) is 0.590. The molecular weight excluding hydrogens is 284 g/mol. The van der Waals surface area contributed by atoms with Crippen LogP contribution < -0.4 is 5.19 Å². The Hall–Kier alpha value is -1.09. The van der Waals surface area contributed by atoms with Crippen LogP contribution in [-0.4, -0.2) is 19.9 Å². The second-order valence-corrected chi connectivity index (χ2v) is 9.82. The molecule has 1 nitrogen and oxygen atoms in total. The SMILES string of the molecule is CC(C)O[Si](C)(CCl)c1ccc(-c2ccccc2)cc1. The van der Waals surface area contributed by atoms with Gasteiger partial charge in [0.05, 0.1) is 0 Å². The van der Waals surface area contributed by atoms with Gasteiger partial charge in [-0.05, 0) is 36.7 Å². The average Bonchev–Trinajstić information content (AvgIpc) is 2.47. The predicted molar refractivity (Wildman–Crippen MR) is 90.1 cm³/mol. The van der Waals surface area contributed by atoms with Gasteiger partial charge in [0.2, 0.25) is 8.32 Å². The highest BCUT2D eigenvalue weighted by molar-refractivity contribution is 6.90. The third kappa shape index (κ3) is 3.51. The van der Waals surface area contributed by atoms with E-state index in [-0.39, 0.29) is 6.10 Å². The highest BCUT2D eigenvalue weighted by Gasteiger charge is 2.31. The molecule has 0 N–H and O–H groups in total. The molecule has 0 heterocycles. The first-order valence-corrected chi connectivity index (χ1v) is 10.1. The summed E-state index contributed by atoms with van der Waals surface area (Å²) in [5, 5.41) is 1.25. The van der Waals surface area contributed by atoms with Gasteiger partial charge in [-0.2, -0.15) is 0 Å². The molecule has 0 aromatic heterocycles. The molecule has 0 radical (unpaired) electrons. The van der Waals surface area contributed by atoms with E-state index >= 15 is 0 Å². The van der Waals surface area contributed by atoms with E-state index in [2.05, 4.69) is 68.9 Å². The van der Waals surface area contributed by atoms with E-state index in [0.717, 1.165) is 0 Å². The normalized spacial score (nSPS) is 14.2. The Kier molecular flexibility index (Phi) is 5.03. The van der Waals surface area contributed by atoms with Crippen LogP contribution in [0.1, 0.15) is 13.8 Å². The summed E-state index contributed by atoms with van der Waals surface area (Å²) in [6.07, 6.45) is 0.208. The summed E-state index contributed by atoms with van der Waals surface area (Å²) in [6.45, 7) is 6.31. The van der Waals surface area contributed by atoms with Crippen molar-refractivity contribution in [2.75, 3.05) is 5.50 Å². The summed E-state index contributed by atoms with van der Waals surface area (Å²) in [5.74, 6) is 0. The summed E-state index contributed by atoms with van der Waals surface area (Å²) < 4.78 is 6.13. The molecule has 0 saturated carbocycles. The van der Waals surface area contributed by atoms with Crippen molar-refractivity contribution in [1.82, 2.24) is 0 Å². The van der Waals surface area contributed by atoms with Crippen LogP contribution in [0.2, 0.25) is 6.55 Å². The maximum absolute atomic E-state index is 6.18. The van der Waals surface area contributed by atoms with Crippen molar-refractivity contribution in [2.24, 2.45) is 0 Å². The first-order valence-electron chi connectivity index (χ1n) is 6.95. The first-order chi connectivity index (χ1) is 9.55. The lowest BCUT2D eigenvalue weighted by Gasteiger charge is -2.28. The van der Waals surface area contributed by atoms with Crippen molar-refractivity contribution < 1.29 is 4.43 Å². The molecule has 0 spiro atoms. The van der Waals surface area contributed by atoms with E-state index in [1.54, 1.807) is 0 Å². The van der Waals surface area contributed by atoms with E-state index < -0.39 is 8.32 Å². The summed E-state index contributed by atoms with van der Waals surface area (Å²) in [4.78, 5) is 0. The van der Waals surface area contributed by atoms with Gasteiger partial charge in [-0.15, -0.1) is 11.6 Å². The predicted octanol–water partition coefficient (Wildman–Crippen LogP) is 4.34. The van der Waals surface area contributed by atoms with Crippen LogP contribution in [-0.2, 0) is 4.43 Å². The van der Waals surface area contributed by atoms with Gasteiger partial charge in [-0.3, -0.25) is 0 Å². The van der Waals surface area contributed by atoms with Crippen LogP contribution in [0.5, 0.6) is 0 Å². The second kappa shape index (κ2) is 6.57. The minimum Gasteiger partial charge on any atom is -0.409 e. The van der Waals surface area contributed by atoms with Gasteiger partial charge in [0.1, 0.15) is 0 Å². The number of alkyl halides is 1. The van der Waals surface area contributed by atoms with Crippen molar-refractivity contribution in [1.29, 1.82) is 0 Å². The van der Waals surface area contributed by atoms with Gasteiger partial charge in [-0.1, -0.05) is 54.6 Å². The molecule has 0 aliphatic rings. The molecule has 1 unspecified atom stereocenters. The second-order valence-electron chi connectivity index (χ2n) is 5.47. The molecule has 2 rings (SSSR count). The van der Waals surface area contributed by atoms with E-state index in [4.69, 9.17) is 16.0 Å². The minimum atomic E-state index is -2.02. The molecule has 0 amide bonds. The number of hydrogen-bond acceptors (Lipinski definition) is 1. The topological polar surface area (TPSA) is 9.23 Å². The standard InChI is InChI=1S/C17H21ClOSi/c1-14(2)19-20(3,13-18)17-11-9-16(10-12-17)15-7-5-4-6-8-15/h4-12,14H,13H2,1-3H3. The Morgan fingerprint density at radius 2 is 1.50 bits per heavy atom. The minimum absolute atomic E-state index is 0.208. The fraction of sp³-hybridized carbons (Fsp3) is 0.294. The molecule has 106 valence electrons. The maximum Gasteiger partial charge on any atom is 0.235 e. The zero-order valence-corrected chi connectivity index (χ0v) is 14.0. The molecule has 0 bridgehead atoms. The Labute approximate surface area is 127 Å². The van der Waals surface area contributed by atoms with E-state index in [0.29, 0.717) is 5.50 Å². The van der Waals surface area contributed by atoms with Crippen molar-refractivity contribution in [3.63, 3.8) is 0 Å². The van der Waals surface area contributed by atoms with Gasteiger partial charge < -0.3 is 4.43 Å². The van der Waals surface area contributed by atoms with Crippen LogP contribution in [0.4, 0.5) is 0 Å². The largest absolute Gasteiger partial charge is 0.409 e. The van der Waals surface area contributed by atoms with Crippen LogP contribution in [0.25, 0.3) is 11.1 Å². The zero-order valence-electron chi connectivity index (χ0n) is 12.3. The summed E-state index contributed by atoms with van der Waals surface area (Å²) in [7, 11) is -2.02. The number of halogens is 1. The summed E-state index contributed by atoms with van der Waals surface area (Å²) in [5.41, 5.74) is 3.04. The summed E-state index contributed by atoms with van der Waals surface area (Å²) >= 11 is 6.18. The van der Waals surface area contributed by atoms with Gasteiger partial charge in [0.25, 0.3) is 0 Å². The van der Waals surface area contributed by atoms with Gasteiger partial charge in [-0.25, -0.2) is 0 Å². The van der Waals surface area contributed by atoms with Crippen molar-refractivity contribution in [3.8, 4) is 11.1 Å². The maximum atomic E-state index is 6.18. The molecule has 2 aromatic rings. The number of rotatable bonds is 5. The van der Waals surface area contributed by atoms with Crippen molar-refractivity contribution in [3.05, 3.63) is 54.6 Å². The average molecular weight is 305 g/mol. The third-order valence-electron chi connectivity index (χ3n) is 3.35. The molecule has 20 heavy (non-hydrogen) atoms. The molecule has 1 atom stereocenters. The summed E-state index contributed by atoms with van der Waals surface area (Å²) in [6, 6.07) is 19.0. The Morgan fingerprint density at radius 3 is 2.00 bits per heavy atom. The molecular formula is C17H21ClOSi. The smallest absolute Gasteiger partial charge is 0.235 e. The molecule has 0 aliphatic carbocycles. The van der Waals surface area contributed by atoms with Gasteiger partial charge >= 0.3 is 0 Å². The lowest BCUT2D eigenvalue weighted by Crippen LogP contribution is -2.51. The Balaban J connectivity index is 2.27. The number of hydrogen-bond donors (Lipinski definition) is 0. The van der Waals surface area contributed by atoms with E-state index in [9.17, 15) is 0 Å². The Morgan fingerprint density at radius 1 is 0.950 bits per heavy atom. The van der Waals surface area contributed by atoms with Crippen LogP contribution in [0, 0.1) is 0 Å². The van der Waals surface area contributed by atoms with Gasteiger partial charge in [0, 0.05) is 11.6 Å². The van der Waals surface area contributed by atoms with Crippen molar-refractivity contribution >= 4 is 25.1 Å². The fourth-order valence-corrected chi connectivity index (χ4v) is 5.26. The molecule has 0 aliphatic heterocycles. The lowest BCUT2D eigenvalue weighted by molar-refractivity contribution is 0.238. The molecule has 0 saturated heterocycles. The van der Waals surface area contributed by atoms with E-state index in [1.165, 1.54) is 16.3 Å². The van der Waals surface area contributed by atoms with E-state index in [1.807, 2.05) is 6.07 Å². The zero-order chi connectivity index (χ0) is 14.6. The number of benzene rings is 2. The van der Waals surface area contributed by atoms with Crippen LogP contribution in [0.3, 0.4) is 0 Å². The van der Waals surface area contributed by atoms with Crippen LogP contribution in [0.15, 0.2) is 54.6 Å². The van der Waals surface area contributed by atoms with Gasteiger partial charge in [0.15, 0.2) is 0 Å². The van der Waals surface area contributed by atoms with Crippen molar-refractivity contribution in [2.45, 2.75) is 26.5 Å².